The van der Waals surface area contributed by atoms with E-state index in [2.05, 4.69) is 55.6 Å². The molecule has 0 bridgehead atoms. The zero-order valence-electron chi connectivity index (χ0n) is 16.0. The van der Waals surface area contributed by atoms with Crippen LogP contribution in [-0.4, -0.2) is 19.3 Å². The van der Waals surface area contributed by atoms with E-state index in [0.717, 1.165) is 30.2 Å². The molecule has 3 rings (SSSR count). The van der Waals surface area contributed by atoms with Gasteiger partial charge in [-0.25, -0.2) is 0 Å². The van der Waals surface area contributed by atoms with Crippen LogP contribution in [0.4, 0.5) is 5.69 Å². The lowest BCUT2D eigenvalue weighted by Crippen LogP contribution is -2.22. The topological polar surface area (TPSA) is 30.5 Å². The smallest absolute Gasteiger partial charge is 0.121 e. The number of nitrogens with one attached hydrogen (secondary N) is 1. The van der Waals surface area contributed by atoms with Gasteiger partial charge in [0.2, 0.25) is 0 Å². The van der Waals surface area contributed by atoms with Crippen molar-refractivity contribution in [3.8, 4) is 11.5 Å². The molecule has 27 heavy (non-hydrogen) atoms. The minimum Gasteiger partial charge on any atom is -0.493 e. The molecule has 3 aromatic rings. The quantitative estimate of drug-likeness (QED) is 0.546. The lowest BCUT2D eigenvalue weighted by Gasteiger charge is -2.17. The van der Waals surface area contributed by atoms with Gasteiger partial charge in [0.25, 0.3) is 0 Å². The van der Waals surface area contributed by atoms with Crippen molar-refractivity contribution in [2.24, 2.45) is 0 Å². The number of anilines is 1. The van der Waals surface area contributed by atoms with E-state index in [4.69, 9.17) is 9.47 Å². The Kier molecular flexibility index (Phi) is 6.75. The van der Waals surface area contributed by atoms with Gasteiger partial charge in [0, 0.05) is 18.2 Å². The van der Waals surface area contributed by atoms with Crippen molar-refractivity contribution in [2.75, 3.05) is 18.5 Å². The molecule has 1 N–H and O–H groups in total. The molecule has 1 unspecified atom stereocenters. The fourth-order valence-electron chi connectivity index (χ4n) is 2.85. The maximum absolute atomic E-state index is 5.97. The average molecular weight is 361 g/mol. The number of aryl methyl sites for hydroxylation is 1. The number of benzene rings is 3. The van der Waals surface area contributed by atoms with Gasteiger partial charge in [-0.15, -0.1) is 0 Å². The van der Waals surface area contributed by atoms with Gasteiger partial charge in [-0.1, -0.05) is 48.5 Å². The lowest BCUT2D eigenvalue weighted by atomic mass is 10.2. The Labute approximate surface area is 162 Å². The number of hydrogen-bond acceptors (Lipinski definition) is 3. The third-order valence-electron chi connectivity index (χ3n) is 4.26. The molecule has 0 fully saturated rings. The second-order valence-corrected chi connectivity index (χ2v) is 6.74. The Balaban J connectivity index is 1.45. The second-order valence-electron chi connectivity index (χ2n) is 6.74. The summed E-state index contributed by atoms with van der Waals surface area (Å²) >= 11 is 0. The Bertz CT molecular complexity index is 833. The summed E-state index contributed by atoms with van der Waals surface area (Å²) in [5.41, 5.74) is 3.52. The van der Waals surface area contributed by atoms with Crippen molar-refractivity contribution in [1.82, 2.24) is 0 Å². The molecule has 0 aliphatic rings. The van der Waals surface area contributed by atoms with Crippen molar-refractivity contribution >= 4 is 5.69 Å². The molecule has 0 aromatic heterocycles. The number of hydrogen-bond donors (Lipinski definition) is 1. The van der Waals surface area contributed by atoms with Crippen LogP contribution in [0.3, 0.4) is 0 Å². The van der Waals surface area contributed by atoms with E-state index < -0.39 is 0 Å². The molecular formula is C24H27NO2. The minimum atomic E-state index is 0.0643. The maximum atomic E-state index is 5.97. The molecular weight excluding hydrogens is 334 g/mol. The van der Waals surface area contributed by atoms with Gasteiger partial charge in [-0.05, 0) is 49.2 Å². The first-order chi connectivity index (χ1) is 13.2. The third kappa shape index (κ3) is 6.37. The monoisotopic (exact) mass is 361 g/mol. The first-order valence-corrected chi connectivity index (χ1v) is 9.43. The second kappa shape index (κ2) is 9.67. The fourth-order valence-corrected chi connectivity index (χ4v) is 2.85. The third-order valence-corrected chi connectivity index (χ3v) is 4.26. The molecule has 140 valence electrons. The Hall–Kier alpha value is -2.94. The van der Waals surface area contributed by atoms with Crippen LogP contribution in [0.1, 0.15) is 18.1 Å². The standard InChI is InChI=1S/C24H27NO2/c1-19-8-6-13-24(16-19)27-20(2)18-25-22-11-7-12-23(17-22)26-15-14-21-9-4-3-5-10-21/h3-13,16-17,20,25H,14-15,18H2,1-2H3. The van der Waals surface area contributed by atoms with Gasteiger partial charge in [0.05, 0.1) is 13.2 Å². The van der Waals surface area contributed by atoms with E-state index in [1.54, 1.807) is 0 Å². The van der Waals surface area contributed by atoms with E-state index in [1.807, 2.05) is 42.5 Å². The van der Waals surface area contributed by atoms with E-state index in [-0.39, 0.29) is 6.10 Å². The maximum Gasteiger partial charge on any atom is 0.121 e. The summed E-state index contributed by atoms with van der Waals surface area (Å²) in [5, 5.41) is 3.42. The summed E-state index contributed by atoms with van der Waals surface area (Å²) in [7, 11) is 0. The van der Waals surface area contributed by atoms with Crippen LogP contribution in [0.2, 0.25) is 0 Å². The molecule has 3 aromatic carbocycles. The van der Waals surface area contributed by atoms with Crippen LogP contribution in [0.15, 0.2) is 78.9 Å². The lowest BCUT2D eigenvalue weighted by molar-refractivity contribution is 0.234. The highest BCUT2D eigenvalue weighted by molar-refractivity contribution is 5.48. The van der Waals surface area contributed by atoms with E-state index in [1.165, 1.54) is 11.1 Å². The Morgan fingerprint density at radius 2 is 1.63 bits per heavy atom. The molecule has 0 saturated carbocycles. The van der Waals surface area contributed by atoms with Crippen molar-refractivity contribution in [3.05, 3.63) is 90.0 Å². The predicted molar refractivity (Wildman–Crippen MR) is 112 cm³/mol. The van der Waals surface area contributed by atoms with Gasteiger partial charge in [-0.3, -0.25) is 0 Å². The zero-order valence-corrected chi connectivity index (χ0v) is 16.0. The minimum absolute atomic E-state index is 0.0643. The molecule has 3 heteroatoms. The van der Waals surface area contributed by atoms with E-state index in [9.17, 15) is 0 Å². The molecule has 0 spiro atoms. The summed E-state index contributed by atoms with van der Waals surface area (Å²) < 4.78 is 11.9. The summed E-state index contributed by atoms with van der Waals surface area (Å²) in [4.78, 5) is 0. The highest BCUT2D eigenvalue weighted by atomic mass is 16.5. The molecule has 0 aliphatic heterocycles. The first-order valence-electron chi connectivity index (χ1n) is 9.43. The molecule has 0 radical (unpaired) electrons. The van der Waals surface area contributed by atoms with Crippen molar-refractivity contribution in [2.45, 2.75) is 26.4 Å². The molecule has 0 aliphatic carbocycles. The predicted octanol–water partition coefficient (Wildman–Crippen LogP) is 5.50. The molecule has 1 atom stereocenters. The Morgan fingerprint density at radius 1 is 0.852 bits per heavy atom. The normalized spacial score (nSPS) is 11.6. The highest BCUT2D eigenvalue weighted by Crippen LogP contribution is 2.19. The summed E-state index contributed by atoms with van der Waals surface area (Å²) in [6.07, 6.45) is 0.967. The van der Waals surface area contributed by atoms with Crippen LogP contribution in [-0.2, 0) is 6.42 Å². The van der Waals surface area contributed by atoms with Gasteiger partial charge >= 0.3 is 0 Å². The highest BCUT2D eigenvalue weighted by Gasteiger charge is 2.05. The fraction of sp³-hybridized carbons (Fsp3) is 0.250. The molecule has 0 heterocycles. The van der Waals surface area contributed by atoms with Gasteiger partial charge in [0.15, 0.2) is 0 Å². The van der Waals surface area contributed by atoms with Crippen molar-refractivity contribution in [3.63, 3.8) is 0 Å². The van der Waals surface area contributed by atoms with Crippen LogP contribution in [0.25, 0.3) is 0 Å². The summed E-state index contributed by atoms with van der Waals surface area (Å²) in [6, 6.07) is 26.6. The SMILES string of the molecule is Cc1cccc(OC(C)CNc2cccc(OCCc3ccccc3)c2)c1. The van der Waals surface area contributed by atoms with Crippen molar-refractivity contribution in [1.29, 1.82) is 0 Å². The van der Waals surface area contributed by atoms with E-state index >= 15 is 0 Å². The number of rotatable bonds is 9. The molecule has 0 amide bonds. The largest absolute Gasteiger partial charge is 0.493 e. The van der Waals surface area contributed by atoms with Gasteiger partial charge in [0.1, 0.15) is 17.6 Å². The van der Waals surface area contributed by atoms with Crippen LogP contribution < -0.4 is 14.8 Å². The van der Waals surface area contributed by atoms with Crippen LogP contribution in [0, 0.1) is 6.92 Å². The summed E-state index contributed by atoms with van der Waals surface area (Å²) in [5.74, 6) is 1.78. The zero-order chi connectivity index (χ0) is 18.9. The molecule has 3 nitrogen and oxygen atoms in total. The summed E-state index contributed by atoms with van der Waals surface area (Å²) in [6.45, 7) is 5.52. The van der Waals surface area contributed by atoms with Crippen LogP contribution >= 0.6 is 0 Å². The average Bonchev–Trinajstić information content (AvgIpc) is 2.68. The van der Waals surface area contributed by atoms with Crippen molar-refractivity contribution < 1.29 is 9.47 Å². The first kappa shape index (κ1) is 18.8. The number of ether oxygens (including phenoxy) is 2. The molecule has 0 saturated heterocycles. The van der Waals surface area contributed by atoms with Gasteiger partial charge in [-0.2, -0.15) is 0 Å². The van der Waals surface area contributed by atoms with Gasteiger partial charge < -0.3 is 14.8 Å². The Morgan fingerprint density at radius 3 is 2.44 bits per heavy atom. The van der Waals surface area contributed by atoms with Crippen LogP contribution in [0.5, 0.6) is 11.5 Å². The van der Waals surface area contributed by atoms with E-state index in [0.29, 0.717) is 6.61 Å².